The van der Waals surface area contributed by atoms with E-state index in [-0.39, 0.29) is 42.6 Å². The van der Waals surface area contributed by atoms with E-state index in [9.17, 15) is 14.7 Å². The van der Waals surface area contributed by atoms with Crippen LogP contribution in [-0.2, 0) is 23.8 Å². The van der Waals surface area contributed by atoms with Crippen LogP contribution in [-0.4, -0.2) is 52.5 Å². The van der Waals surface area contributed by atoms with Crippen molar-refractivity contribution in [2.75, 3.05) is 6.61 Å². The third-order valence-electron chi connectivity index (χ3n) is 8.56. The molecule has 0 radical (unpaired) electrons. The van der Waals surface area contributed by atoms with Gasteiger partial charge in [0.25, 0.3) is 0 Å². The maximum atomic E-state index is 13.5. The first-order valence-electron chi connectivity index (χ1n) is 9.74. The molecule has 0 aromatic heterocycles. The molecule has 0 bridgehead atoms. The maximum Gasteiger partial charge on any atom is 0.334 e. The van der Waals surface area contributed by atoms with Crippen LogP contribution >= 0.6 is 0 Å². The highest BCUT2D eigenvalue weighted by Crippen LogP contribution is 2.78. The zero-order chi connectivity index (χ0) is 18.3. The standard InChI is InChI=1S/C20H24O6.H2/c1-9(2)18(23)7-14-20(26-14)17(3)5-4-10-11(8-24-15(10)21)12(17)6-13-19(20,25-13)16(18)22;/h9,12-14,23H,4-8H2,1-3H3;1H/t12?,13-,14-,17-,18+,19?,20+;/m0./s1. The summed E-state index contributed by atoms with van der Waals surface area (Å²) >= 11 is 0. The van der Waals surface area contributed by atoms with Gasteiger partial charge < -0.3 is 19.3 Å². The maximum absolute atomic E-state index is 13.5. The van der Waals surface area contributed by atoms with E-state index in [2.05, 4.69) is 6.92 Å². The minimum Gasteiger partial charge on any atom is -0.458 e. The van der Waals surface area contributed by atoms with Crippen LogP contribution in [0, 0.1) is 17.3 Å². The molecular formula is C20H26O6. The second-order valence-electron chi connectivity index (χ2n) is 9.58. The van der Waals surface area contributed by atoms with Crippen molar-refractivity contribution in [1.29, 1.82) is 0 Å². The fourth-order valence-electron chi connectivity index (χ4n) is 6.95. The summed E-state index contributed by atoms with van der Waals surface area (Å²) in [7, 11) is 0. The Hall–Kier alpha value is -1.24. The van der Waals surface area contributed by atoms with Crippen LogP contribution in [0.15, 0.2) is 11.1 Å². The van der Waals surface area contributed by atoms with Gasteiger partial charge in [0, 0.05) is 18.8 Å². The predicted octanol–water partition coefficient (Wildman–Crippen LogP) is 1.54. The van der Waals surface area contributed by atoms with E-state index in [0.29, 0.717) is 25.9 Å². The molecule has 6 nitrogen and oxygen atoms in total. The molecule has 26 heavy (non-hydrogen) atoms. The first-order chi connectivity index (χ1) is 12.2. The van der Waals surface area contributed by atoms with Crippen molar-refractivity contribution < 1.29 is 30.3 Å². The number of fused-ring (bicyclic) bond motifs is 2. The first kappa shape index (κ1) is 15.8. The molecule has 7 atom stereocenters. The molecule has 0 aromatic carbocycles. The van der Waals surface area contributed by atoms with Crippen molar-refractivity contribution >= 4 is 11.8 Å². The van der Waals surface area contributed by atoms with Crippen LogP contribution in [0.25, 0.3) is 0 Å². The zero-order valence-electron chi connectivity index (χ0n) is 15.3. The number of carbonyl (C=O) groups is 2. The number of ether oxygens (including phenoxy) is 3. The van der Waals surface area contributed by atoms with E-state index < -0.39 is 16.8 Å². The van der Waals surface area contributed by atoms with Gasteiger partial charge in [-0.05, 0) is 36.7 Å². The quantitative estimate of drug-likeness (QED) is 0.562. The number of ketones is 1. The lowest BCUT2D eigenvalue weighted by molar-refractivity contribution is -0.160. The second-order valence-corrected chi connectivity index (χ2v) is 9.58. The average Bonchev–Trinajstić information content (AvgIpc) is 3.46. The Morgan fingerprint density at radius 3 is 2.73 bits per heavy atom. The molecule has 6 rings (SSSR count). The lowest BCUT2D eigenvalue weighted by Crippen LogP contribution is -2.69. The van der Waals surface area contributed by atoms with Gasteiger partial charge in [0.2, 0.25) is 5.78 Å². The van der Waals surface area contributed by atoms with Gasteiger partial charge in [0.15, 0.2) is 5.60 Å². The summed E-state index contributed by atoms with van der Waals surface area (Å²) in [4.78, 5) is 25.5. The van der Waals surface area contributed by atoms with Crippen molar-refractivity contribution in [3.63, 3.8) is 0 Å². The van der Waals surface area contributed by atoms with Crippen LogP contribution in [0.5, 0.6) is 0 Å². The lowest BCUT2D eigenvalue weighted by atomic mass is 9.46. The third-order valence-corrected chi connectivity index (χ3v) is 8.56. The molecule has 142 valence electrons. The Bertz CT molecular complexity index is 821. The van der Waals surface area contributed by atoms with Crippen molar-refractivity contribution in [3.05, 3.63) is 11.1 Å². The van der Waals surface area contributed by atoms with E-state index in [1.807, 2.05) is 13.8 Å². The summed E-state index contributed by atoms with van der Waals surface area (Å²) in [6, 6.07) is 0. The van der Waals surface area contributed by atoms with Gasteiger partial charge in [-0.3, -0.25) is 4.79 Å². The molecule has 3 aliphatic heterocycles. The Morgan fingerprint density at radius 1 is 1.23 bits per heavy atom. The highest BCUT2D eigenvalue weighted by Gasteiger charge is 2.95. The molecular weight excluding hydrogens is 336 g/mol. The molecule has 3 aliphatic carbocycles. The smallest absolute Gasteiger partial charge is 0.334 e. The molecule has 0 amide bonds. The summed E-state index contributed by atoms with van der Waals surface area (Å²) in [5, 5.41) is 11.1. The highest BCUT2D eigenvalue weighted by molar-refractivity contribution is 6.02. The van der Waals surface area contributed by atoms with E-state index >= 15 is 0 Å². The normalized spacial score (nSPS) is 56.3. The minimum absolute atomic E-state index is 0. The van der Waals surface area contributed by atoms with Gasteiger partial charge in [-0.2, -0.15) is 0 Å². The molecule has 6 heteroatoms. The molecule has 2 spiro atoms. The van der Waals surface area contributed by atoms with Crippen molar-refractivity contribution in [3.8, 4) is 0 Å². The van der Waals surface area contributed by atoms with E-state index in [1.54, 1.807) is 0 Å². The molecule has 2 saturated carbocycles. The Labute approximate surface area is 153 Å². The molecule has 6 aliphatic rings. The third kappa shape index (κ3) is 1.31. The number of hydrogen-bond acceptors (Lipinski definition) is 6. The van der Waals surface area contributed by atoms with Gasteiger partial charge in [-0.25, -0.2) is 4.79 Å². The Kier molecular flexibility index (Phi) is 2.49. The van der Waals surface area contributed by atoms with Crippen molar-refractivity contribution in [2.24, 2.45) is 17.3 Å². The van der Waals surface area contributed by atoms with Crippen molar-refractivity contribution in [1.82, 2.24) is 0 Å². The number of Topliss-reactive ketones (excluding diaryl/α,β-unsaturated/α-hetero) is 1. The average molecular weight is 362 g/mol. The number of epoxide rings is 2. The summed E-state index contributed by atoms with van der Waals surface area (Å²) in [6.07, 6.45) is 2.10. The van der Waals surface area contributed by atoms with Crippen LogP contribution in [0.2, 0.25) is 0 Å². The van der Waals surface area contributed by atoms with Gasteiger partial charge in [-0.15, -0.1) is 0 Å². The van der Waals surface area contributed by atoms with Crippen LogP contribution in [0.4, 0.5) is 0 Å². The fourth-order valence-corrected chi connectivity index (χ4v) is 6.95. The van der Waals surface area contributed by atoms with Gasteiger partial charge in [0.1, 0.15) is 17.8 Å². The van der Waals surface area contributed by atoms with E-state index in [1.165, 1.54) is 0 Å². The number of esters is 1. The number of carbonyl (C=O) groups excluding carboxylic acids is 2. The van der Waals surface area contributed by atoms with Gasteiger partial charge >= 0.3 is 5.97 Å². The molecule has 4 fully saturated rings. The summed E-state index contributed by atoms with van der Waals surface area (Å²) < 4.78 is 17.8. The largest absolute Gasteiger partial charge is 0.458 e. The number of rotatable bonds is 1. The van der Waals surface area contributed by atoms with Crippen LogP contribution < -0.4 is 0 Å². The fraction of sp³-hybridized carbons (Fsp3) is 0.800. The molecule has 1 N–H and O–H groups in total. The number of aliphatic hydroxyl groups is 1. The van der Waals surface area contributed by atoms with E-state index in [4.69, 9.17) is 14.2 Å². The van der Waals surface area contributed by atoms with Crippen molar-refractivity contribution in [2.45, 2.75) is 75.5 Å². The first-order valence-corrected chi connectivity index (χ1v) is 9.74. The number of hydrogen-bond donors (Lipinski definition) is 1. The Morgan fingerprint density at radius 2 is 2.00 bits per heavy atom. The zero-order valence-corrected chi connectivity index (χ0v) is 15.3. The monoisotopic (exact) mass is 362 g/mol. The van der Waals surface area contributed by atoms with Gasteiger partial charge in [-0.1, -0.05) is 20.8 Å². The topological polar surface area (TPSA) is 88.7 Å². The summed E-state index contributed by atoms with van der Waals surface area (Å²) in [6.45, 7) is 6.32. The minimum atomic E-state index is -1.38. The summed E-state index contributed by atoms with van der Waals surface area (Å²) in [5.41, 5.74) is -1.39. The molecule has 3 heterocycles. The second kappa shape index (κ2) is 4.10. The van der Waals surface area contributed by atoms with Crippen LogP contribution in [0.3, 0.4) is 0 Å². The molecule has 2 unspecified atom stereocenters. The van der Waals surface area contributed by atoms with E-state index in [0.717, 1.165) is 17.6 Å². The lowest BCUT2D eigenvalue weighted by Gasteiger charge is -2.53. The van der Waals surface area contributed by atoms with Gasteiger partial charge in [0.05, 0.1) is 12.2 Å². The Balaban J connectivity index is 0.00000160. The number of cyclic esters (lactones) is 1. The predicted molar refractivity (Wildman–Crippen MR) is 90.2 cm³/mol. The molecule has 2 saturated heterocycles. The molecule has 0 aromatic rings. The summed E-state index contributed by atoms with van der Waals surface area (Å²) in [5.74, 6) is -0.405. The highest BCUT2D eigenvalue weighted by atomic mass is 16.7. The van der Waals surface area contributed by atoms with Crippen LogP contribution in [0.1, 0.15) is 47.9 Å². The SMILES string of the molecule is CC(C)[C@]1(O)C[C@@H]2O[C@]23C2(O[C@H]2CC2C4=C(CC[C@@]23C)C(=O)OC4)C1=O.[HH].